The summed E-state index contributed by atoms with van der Waals surface area (Å²) in [5.74, 6) is -0.206. The third kappa shape index (κ3) is 4.66. The van der Waals surface area contributed by atoms with Gasteiger partial charge in [-0.2, -0.15) is 0 Å². The van der Waals surface area contributed by atoms with Gasteiger partial charge in [0.2, 0.25) is 0 Å². The Hall–Kier alpha value is -3.84. The molecule has 0 radical (unpaired) electrons. The molecule has 36 heavy (non-hydrogen) atoms. The van der Waals surface area contributed by atoms with Gasteiger partial charge >= 0.3 is 5.97 Å². The Balaban J connectivity index is 1.48. The molecule has 1 aromatic heterocycles. The van der Waals surface area contributed by atoms with Crippen LogP contribution < -0.4 is 10.1 Å². The number of esters is 1. The van der Waals surface area contributed by atoms with Gasteiger partial charge in [0.1, 0.15) is 18.1 Å². The van der Waals surface area contributed by atoms with E-state index in [9.17, 15) is 14.7 Å². The van der Waals surface area contributed by atoms with E-state index in [1.165, 1.54) is 4.88 Å². The van der Waals surface area contributed by atoms with Crippen LogP contribution in [0.25, 0.3) is 0 Å². The molecule has 0 amide bonds. The molecule has 2 heterocycles. The summed E-state index contributed by atoms with van der Waals surface area (Å²) in [6.07, 6.45) is 1.06. The lowest BCUT2D eigenvalue weighted by Gasteiger charge is -2.36. The van der Waals surface area contributed by atoms with Gasteiger partial charge in [-0.3, -0.25) is 4.79 Å². The molecular formula is C29H27NO5S. The minimum Gasteiger partial charge on any atom is -0.508 e. The number of ketones is 1. The fraction of sp³-hybridized carbons (Fsp3) is 0.241. The molecule has 0 spiro atoms. The van der Waals surface area contributed by atoms with Gasteiger partial charge in [-0.1, -0.05) is 30.3 Å². The molecule has 2 aromatic carbocycles. The zero-order valence-electron chi connectivity index (χ0n) is 20.1. The van der Waals surface area contributed by atoms with Crippen molar-refractivity contribution in [1.29, 1.82) is 0 Å². The minimum absolute atomic E-state index is 0.00319. The number of phenolic OH excluding ortho intramolecular Hbond substituents is 1. The number of nitrogens with one attached hydrogen (secondary N) is 1. The van der Waals surface area contributed by atoms with Crippen LogP contribution >= 0.6 is 11.3 Å². The fourth-order valence-corrected chi connectivity index (χ4v) is 5.85. The molecule has 184 valence electrons. The summed E-state index contributed by atoms with van der Waals surface area (Å²) in [6.45, 7) is 1.93. The highest BCUT2D eigenvalue weighted by atomic mass is 32.1. The lowest BCUT2D eigenvalue weighted by atomic mass is 9.72. The first-order chi connectivity index (χ1) is 17.4. The highest BCUT2D eigenvalue weighted by Crippen LogP contribution is 2.46. The number of allylic oxidation sites excluding steroid dienone is 3. The lowest BCUT2D eigenvalue weighted by Crippen LogP contribution is -2.36. The van der Waals surface area contributed by atoms with Crippen LogP contribution in [0.2, 0.25) is 0 Å². The summed E-state index contributed by atoms with van der Waals surface area (Å²) in [4.78, 5) is 28.2. The average Bonchev–Trinajstić information content (AvgIpc) is 3.42. The van der Waals surface area contributed by atoms with E-state index < -0.39 is 11.9 Å². The second-order valence-electron chi connectivity index (χ2n) is 9.05. The fourth-order valence-electron chi connectivity index (χ4n) is 5.02. The van der Waals surface area contributed by atoms with Crippen LogP contribution in [-0.4, -0.2) is 24.0 Å². The number of thiophene rings is 1. The quantitative estimate of drug-likeness (QED) is 0.430. The van der Waals surface area contributed by atoms with Gasteiger partial charge in [-0.15, -0.1) is 11.3 Å². The molecular weight excluding hydrogens is 474 g/mol. The average molecular weight is 502 g/mol. The molecule has 2 N–H and O–H groups in total. The summed E-state index contributed by atoms with van der Waals surface area (Å²) in [7, 11) is 1.60. The van der Waals surface area contributed by atoms with Crippen LogP contribution in [0, 0.1) is 0 Å². The number of Topliss-reactive ketones (excluding diaryl/α,β-unsaturated/α-hetero) is 1. The predicted octanol–water partition coefficient (Wildman–Crippen LogP) is 5.57. The summed E-state index contributed by atoms with van der Waals surface area (Å²) in [6, 6.07) is 18.1. The first-order valence-corrected chi connectivity index (χ1v) is 12.7. The zero-order valence-corrected chi connectivity index (χ0v) is 20.9. The van der Waals surface area contributed by atoms with Gasteiger partial charge < -0.3 is 19.9 Å². The van der Waals surface area contributed by atoms with Crippen LogP contribution in [0.5, 0.6) is 11.5 Å². The molecule has 2 unspecified atom stereocenters. The highest BCUT2D eigenvalue weighted by molar-refractivity contribution is 7.10. The standard InChI is InChI=1S/C29H27NO5S/c1-17-26(29(33)35-16-18-8-10-22(34-2)11-9-18)27(19-5-3-6-21(31)13-19)28-23(30-17)14-20(15-24(28)32)25-7-4-12-36-25/h3-13,20,27,30-31H,14-16H2,1-2H3. The van der Waals surface area contributed by atoms with Crippen molar-refractivity contribution >= 4 is 23.1 Å². The topological polar surface area (TPSA) is 84.9 Å². The van der Waals surface area contributed by atoms with Gasteiger partial charge in [0.25, 0.3) is 0 Å². The van der Waals surface area contributed by atoms with Gasteiger partial charge in [0.05, 0.1) is 12.7 Å². The lowest BCUT2D eigenvalue weighted by molar-refractivity contribution is -0.140. The Kier molecular flexibility index (Phi) is 6.65. The van der Waals surface area contributed by atoms with Crippen molar-refractivity contribution in [2.75, 3.05) is 7.11 Å². The summed E-state index contributed by atoms with van der Waals surface area (Å²) >= 11 is 1.65. The number of hydrogen-bond donors (Lipinski definition) is 2. The third-order valence-electron chi connectivity index (χ3n) is 6.73. The molecule has 7 heteroatoms. The van der Waals surface area contributed by atoms with Crippen LogP contribution in [0.1, 0.15) is 47.6 Å². The van der Waals surface area contributed by atoms with Gasteiger partial charge in [-0.05, 0) is 60.2 Å². The maximum atomic E-state index is 13.6. The van der Waals surface area contributed by atoms with E-state index >= 15 is 0 Å². The van der Waals surface area contributed by atoms with E-state index in [1.807, 2.05) is 48.7 Å². The maximum absolute atomic E-state index is 13.6. The van der Waals surface area contributed by atoms with Crippen molar-refractivity contribution < 1.29 is 24.2 Å². The molecule has 1 aliphatic heterocycles. The van der Waals surface area contributed by atoms with Crippen LogP contribution in [0.15, 0.2) is 88.6 Å². The normalized spacial score (nSPS) is 19.6. The molecule has 6 nitrogen and oxygen atoms in total. The Morgan fingerprint density at radius 2 is 1.92 bits per heavy atom. The largest absolute Gasteiger partial charge is 0.508 e. The molecule has 0 fully saturated rings. The zero-order chi connectivity index (χ0) is 25.2. The number of methoxy groups -OCH3 is 1. The molecule has 0 bridgehead atoms. The molecule has 2 atom stereocenters. The number of aromatic hydroxyl groups is 1. The Morgan fingerprint density at radius 1 is 1.11 bits per heavy atom. The Labute approximate surface area is 213 Å². The third-order valence-corrected chi connectivity index (χ3v) is 7.76. The van der Waals surface area contributed by atoms with Gasteiger partial charge in [-0.25, -0.2) is 4.79 Å². The van der Waals surface area contributed by atoms with Crippen molar-refractivity contribution in [2.45, 2.75) is 38.2 Å². The Morgan fingerprint density at radius 3 is 2.61 bits per heavy atom. The van der Waals surface area contributed by atoms with E-state index in [2.05, 4.69) is 11.4 Å². The second-order valence-corrected chi connectivity index (χ2v) is 10.0. The maximum Gasteiger partial charge on any atom is 0.337 e. The second kappa shape index (κ2) is 10.0. The molecule has 3 aromatic rings. The SMILES string of the molecule is COc1ccc(COC(=O)C2=C(C)NC3=C(C(=O)CC(c4cccs4)C3)C2c2cccc(O)c2)cc1. The molecule has 5 rings (SSSR count). The number of carbonyl (C=O) groups is 2. The Bertz CT molecular complexity index is 1350. The van der Waals surface area contributed by atoms with E-state index in [0.29, 0.717) is 35.2 Å². The molecule has 0 saturated carbocycles. The van der Waals surface area contributed by atoms with Crippen molar-refractivity contribution in [3.63, 3.8) is 0 Å². The van der Waals surface area contributed by atoms with E-state index in [-0.39, 0.29) is 24.1 Å². The highest BCUT2D eigenvalue weighted by Gasteiger charge is 2.41. The van der Waals surface area contributed by atoms with Crippen molar-refractivity contribution in [1.82, 2.24) is 5.32 Å². The predicted molar refractivity (Wildman–Crippen MR) is 138 cm³/mol. The summed E-state index contributed by atoms with van der Waals surface area (Å²) < 4.78 is 10.9. The van der Waals surface area contributed by atoms with Crippen molar-refractivity contribution in [2.24, 2.45) is 0 Å². The number of ether oxygens (including phenoxy) is 2. The minimum atomic E-state index is -0.617. The number of rotatable bonds is 6. The van der Waals surface area contributed by atoms with Crippen molar-refractivity contribution in [3.05, 3.63) is 105 Å². The molecule has 2 aliphatic rings. The van der Waals surface area contributed by atoms with E-state index in [1.54, 1.807) is 36.6 Å². The number of carbonyl (C=O) groups excluding carboxylic acids is 2. The van der Waals surface area contributed by atoms with Crippen LogP contribution in [0.3, 0.4) is 0 Å². The number of hydrogen-bond acceptors (Lipinski definition) is 7. The monoisotopic (exact) mass is 501 g/mol. The first kappa shape index (κ1) is 23.9. The summed E-state index contributed by atoms with van der Waals surface area (Å²) in [5, 5.41) is 15.6. The van der Waals surface area contributed by atoms with Crippen LogP contribution in [-0.2, 0) is 20.9 Å². The van der Waals surface area contributed by atoms with Gasteiger partial charge in [0.15, 0.2) is 5.78 Å². The number of dihydropyridines is 1. The smallest absolute Gasteiger partial charge is 0.337 e. The summed E-state index contributed by atoms with van der Waals surface area (Å²) in [5.41, 5.74) is 3.96. The van der Waals surface area contributed by atoms with E-state index in [4.69, 9.17) is 9.47 Å². The van der Waals surface area contributed by atoms with Crippen molar-refractivity contribution in [3.8, 4) is 11.5 Å². The number of phenols is 1. The van der Waals surface area contributed by atoms with E-state index in [0.717, 1.165) is 17.0 Å². The van der Waals surface area contributed by atoms with Gasteiger partial charge in [0, 0.05) is 40.1 Å². The first-order valence-electron chi connectivity index (χ1n) is 11.8. The number of benzene rings is 2. The molecule has 1 aliphatic carbocycles. The van der Waals surface area contributed by atoms with Crippen LogP contribution in [0.4, 0.5) is 0 Å². The molecule has 0 saturated heterocycles.